The molecule has 2 aromatic rings. The van der Waals surface area contributed by atoms with Crippen molar-refractivity contribution in [2.45, 2.75) is 38.5 Å². The number of benzene rings is 2. The van der Waals surface area contributed by atoms with Crippen LogP contribution in [0.4, 0.5) is 0 Å². The Hall–Kier alpha value is -2.09. The largest absolute Gasteiger partial charge is 0.359 e. The molecule has 0 aliphatic rings. The van der Waals surface area contributed by atoms with Gasteiger partial charge in [-0.2, -0.15) is 0 Å². The Morgan fingerprint density at radius 1 is 1.00 bits per heavy atom. The second kappa shape index (κ2) is 8.38. The number of carbonyl (C=O) groups excluding carboxylic acids is 1. The number of rotatable bonds is 7. The summed E-state index contributed by atoms with van der Waals surface area (Å²) in [4.78, 5) is 11.3. The maximum Gasteiger partial charge on any atom is 0.224 e. The van der Waals surface area contributed by atoms with Gasteiger partial charge in [-0.15, -0.1) is 0 Å². The molecule has 1 atom stereocenters. The number of hydrogen-bond acceptors (Lipinski definition) is 1. The predicted molar refractivity (Wildman–Crippen MR) is 92.0 cm³/mol. The molecular weight excluding hydrogens is 270 g/mol. The van der Waals surface area contributed by atoms with Crippen molar-refractivity contribution in [3.8, 4) is 0 Å². The molecule has 0 spiro atoms. The molecule has 1 amide bonds. The van der Waals surface area contributed by atoms with Crippen molar-refractivity contribution >= 4 is 5.91 Å². The van der Waals surface area contributed by atoms with E-state index in [2.05, 4.69) is 66.8 Å². The second-order valence-corrected chi connectivity index (χ2v) is 5.87. The highest BCUT2D eigenvalue weighted by Crippen LogP contribution is 2.21. The van der Waals surface area contributed by atoms with E-state index in [0.717, 1.165) is 12.0 Å². The summed E-state index contributed by atoms with van der Waals surface area (Å²) in [5.41, 5.74) is 3.84. The quantitative estimate of drug-likeness (QED) is 0.818. The minimum absolute atomic E-state index is 0.0597. The van der Waals surface area contributed by atoms with Crippen molar-refractivity contribution in [3.63, 3.8) is 0 Å². The van der Waals surface area contributed by atoms with Crippen LogP contribution in [-0.4, -0.2) is 13.0 Å². The third kappa shape index (κ3) is 5.03. The van der Waals surface area contributed by atoms with Crippen LogP contribution < -0.4 is 5.32 Å². The topological polar surface area (TPSA) is 29.1 Å². The van der Waals surface area contributed by atoms with E-state index in [1.807, 2.05) is 0 Å². The number of amides is 1. The van der Waals surface area contributed by atoms with Gasteiger partial charge in [0, 0.05) is 7.05 Å². The van der Waals surface area contributed by atoms with Crippen LogP contribution in [0.25, 0.3) is 0 Å². The molecule has 0 bridgehead atoms. The number of carbonyl (C=O) groups is 1. The van der Waals surface area contributed by atoms with E-state index in [1.54, 1.807) is 7.05 Å². The standard InChI is InChI=1S/C20H25NO/c1-16(19-9-4-3-5-10-19)7-6-8-17-11-13-18(14-12-17)15-20(22)21-2/h3-5,9-14,16H,6-8,15H2,1-2H3,(H,21,22). The summed E-state index contributed by atoms with van der Waals surface area (Å²) in [5.74, 6) is 0.665. The second-order valence-electron chi connectivity index (χ2n) is 5.87. The number of aryl methyl sites for hydroxylation is 1. The minimum atomic E-state index is 0.0597. The van der Waals surface area contributed by atoms with Crippen molar-refractivity contribution in [2.24, 2.45) is 0 Å². The molecule has 116 valence electrons. The van der Waals surface area contributed by atoms with Crippen molar-refractivity contribution in [1.29, 1.82) is 0 Å². The van der Waals surface area contributed by atoms with Gasteiger partial charge in [-0.1, -0.05) is 61.5 Å². The van der Waals surface area contributed by atoms with Gasteiger partial charge in [-0.05, 0) is 41.9 Å². The van der Waals surface area contributed by atoms with E-state index in [9.17, 15) is 4.79 Å². The smallest absolute Gasteiger partial charge is 0.224 e. The lowest BCUT2D eigenvalue weighted by molar-refractivity contribution is -0.119. The molecule has 1 unspecified atom stereocenters. The lowest BCUT2D eigenvalue weighted by atomic mass is 9.94. The summed E-state index contributed by atoms with van der Waals surface area (Å²) < 4.78 is 0. The summed E-state index contributed by atoms with van der Waals surface area (Å²) >= 11 is 0. The van der Waals surface area contributed by atoms with Crippen LogP contribution in [-0.2, 0) is 17.6 Å². The Kier molecular flexibility index (Phi) is 6.20. The van der Waals surface area contributed by atoms with Crippen molar-refractivity contribution in [1.82, 2.24) is 5.32 Å². The lowest BCUT2D eigenvalue weighted by Gasteiger charge is -2.11. The van der Waals surface area contributed by atoms with Gasteiger partial charge in [0.1, 0.15) is 0 Å². The lowest BCUT2D eigenvalue weighted by Crippen LogP contribution is -2.19. The molecule has 0 saturated carbocycles. The Morgan fingerprint density at radius 2 is 1.64 bits per heavy atom. The molecule has 1 N–H and O–H groups in total. The van der Waals surface area contributed by atoms with E-state index in [1.165, 1.54) is 24.0 Å². The molecule has 0 radical (unpaired) electrons. The van der Waals surface area contributed by atoms with Gasteiger partial charge in [-0.25, -0.2) is 0 Å². The van der Waals surface area contributed by atoms with Gasteiger partial charge < -0.3 is 5.32 Å². The summed E-state index contributed by atoms with van der Waals surface area (Å²) in [6.07, 6.45) is 3.94. The first-order valence-electron chi connectivity index (χ1n) is 8.02. The van der Waals surface area contributed by atoms with Gasteiger partial charge >= 0.3 is 0 Å². The van der Waals surface area contributed by atoms with Crippen molar-refractivity contribution < 1.29 is 4.79 Å². The minimum Gasteiger partial charge on any atom is -0.359 e. The molecule has 0 heterocycles. The van der Waals surface area contributed by atoms with Crippen molar-refractivity contribution in [3.05, 3.63) is 71.3 Å². The van der Waals surface area contributed by atoms with Gasteiger partial charge in [0.25, 0.3) is 0 Å². The van der Waals surface area contributed by atoms with E-state index >= 15 is 0 Å². The van der Waals surface area contributed by atoms with Gasteiger partial charge in [0.2, 0.25) is 5.91 Å². The number of hydrogen-bond donors (Lipinski definition) is 1. The van der Waals surface area contributed by atoms with Crippen LogP contribution in [0, 0.1) is 0 Å². The molecule has 2 rings (SSSR count). The molecule has 2 aromatic carbocycles. The highest BCUT2D eigenvalue weighted by atomic mass is 16.1. The first-order chi connectivity index (χ1) is 10.7. The third-order valence-corrected chi connectivity index (χ3v) is 4.14. The molecular formula is C20H25NO. The molecule has 0 aliphatic carbocycles. The Balaban J connectivity index is 1.78. The number of nitrogens with one attached hydrogen (secondary N) is 1. The van der Waals surface area contributed by atoms with Crippen LogP contribution in [0.15, 0.2) is 54.6 Å². The summed E-state index contributed by atoms with van der Waals surface area (Å²) in [5, 5.41) is 2.65. The van der Waals surface area contributed by atoms with E-state index in [4.69, 9.17) is 0 Å². The first kappa shape index (κ1) is 16.3. The Bertz CT molecular complexity index is 574. The molecule has 0 saturated heterocycles. The monoisotopic (exact) mass is 295 g/mol. The normalized spacial score (nSPS) is 11.9. The molecule has 0 aromatic heterocycles. The van der Waals surface area contributed by atoms with E-state index < -0.39 is 0 Å². The summed E-state index contributed by atoms with van der Waals surface area (Å²) in [6, 6.07) is 19.1. The van der Waals surface area contributed by atoms with Crippen LogP contribution in [0.2, 0.25) is 0 Å². The fourth-order valence-electron chi connectivity index (χ4n) is 2.66. The summed E-state index contributed by atoms with van der Waals surface area (Å²) in [6.45, 7) is 2.29. The van der Waals surface area contributed by atoms with Crippen molar-refractivity contribution in [2.75, 3.05) is 7.05 Å². The van der Waals surface area contributed by atoms with Gasteiger partial charge in [0.05, 0.1) is 6.42 Å². The Labute approximate surface area is 133 Å². The zero-order valence-corrected chi connectivity index (χ0v) is 13.5. The Morgan fingerprint density at radius 3 is 2.27 bits per heavy atom. The van der Waals surface area contributed by atoms with Crippen LogP contribution >= 0.6 is 0 Å². The fourth-order valence-corrected chi connectivity index (χ4v) is 2.66. The highest BCUT2D eigenvalue weighted by molar-refractivity contribution is 5.78. The zero-order valence-electron chi connectivity index (χ0n) is 13.5. The first-order valence-corrected chi connectivity index (χ1v) is 8.02. The van der Waals surface area contributed by atoms with E-state index in [-0.39, 0.29) is 5.91 Å². The molecule has 22 heavy (non-hydrogen) atoms. The summed E-state index contributed by atoms with van der Waals surface area (Å²) in [7, 11) is 1.67. The average Bonchev–Trinajstić information content (AvgIpc) is 2.57. The molecule has 2 nitrogen and oxygen atoms in total. The fraction of sp³-hybridized carbons (Fsp3) is 0.350. The average molecular weight is 295 g/mol. The molecule has 0 aliphatic heterocycles. The van der Waals surface area contributed by atoms with Crippen LogP contribution in [0.3, 0.4) is 0 Å². The zero-order chi connectivity index (χ0) is 15.8. The van der Waals surface area contributed by atoms with Gasteiger partial charge in [-0.3, -0.25) is 4.79 Å². The number of likely N-dealkylation sites (N-methyl/N-ethyl adjacent to an activating group) is 1. The maximum absolute atomic E-state index is 11.3. The van der Waals surface area contributed by atoms with Gasteiger partial charge in [0.15, 0.2) is 0 Å². The SMILES string of the molecule is CNC(=O)Cc1ccc(CCCC(C)c2ccccc2)cc1. The van der Waals surface area contributed by atoms with Crippen LogP contribution in [0.1, 0.15) is 42.4 Å². The molecule has 2 heteroatoms. The molecule has 0 fully saturated rings. The predicted octanol–water partition coefficient (Wildman–Crippen LogP) is 4.10. The van der Waals surface area contributed by atoms with Crippen LogP contribution in [0.5, 0.6) is 0 Å². The van der Waals surface area contributed by atoms with E-state index in [0.29, 0.717) is 12.3 Å². The maximum atomic E-state index is 11.3. The highest BCUT2D eigenvalue weighted by Gasteiger charge is 2.05. The third-order valence-electron chi connectivity index (χ3n) is 4.14.